The number of fused-ring (bicyclic) bond motifs is 1. The minimum atomic E-state index is -1.04. The first-order valence-electron chi connectivity index (χ1n) is 14.0. The zero-order chi connectivity index (χ0) is 32.7. The van der Waals surface area contributed by atoms with Crippen LogP contribution >= 0.6 is 11.3 Å². The summed E-state index contributed by atoms with van der Waals surface area (Å²) in [5, 5.41) is 20.6. The summed E-state index contributed by atoms with van der Waals surface area (Å²) in [4.78, 5) is 54.2. The van der Waals surface area contributed by atoms with Crippen molar-refractivity contribution in [2.75, 3.05) is 6.61 Å². The average molecular weight is 640 g/mol. The van der Waals surface area contributed by atoms with Crippen molar-refractivity contribution in [2.24, 2.45) is 4.99 Å². The van der Waals surface area contributed by atoms with Crippen molar-refractivity contribution in [2.45, 2.75) is 26.8 Å². The lowest BCUT2D eigenvalue weighted by Gasteiger charge is -2.22. The SMILES string of the molecule is CCOC(=O)C1=C(C)N=c2s/c(=C\c3ccc(-c4ccc(C(=O)O)cc4)o3)c(=O)n2[C@@H]1c1ccc(-c2cc([N+](=O)[O-])ccc2C)o1. The van der Waals surface area contributed by atoms with Crippen molar-refractivity contribution in [3.63, 3.8) is 0 Å². The number of thiazole rings is 1. The normalized spacial score (nSPS) is 14.6. The monoisotopic (exact) mass is 639 g/mol. The van der Waals surface area contributed by atoms with Gasteiger partial charge in [-0.25, -0.2) is 14.6 Å². The van der Waals surface area contributed by atoms with Crippen molar-refractivity contribution >= 4 is 35.0 Å². The zero-order valence-corrected chi connectivity index (χ0v) is 25.5. The molecular formula is C33H25N3O9S. The molecule has 0 fully saturated rings. The number of ether oxygens (including phenoxy) is 1. The van der Waals surface area contributed by atoms with Gasteiger partial charge in [-0.1, -0.05) is 29.5 Å². The Balaban J connectivity index is 1.44. The molecule has 0 unspecified atom stereocenters. The molecule has 0 amide bonds. The van der Waals surface area contributed by atoms with Gasteiger partial charge in [0.15, 0.2) is 4.80 Å². The quantitative estimate of drug-likeness (QED) is 0.136. The van der Waals surface area contributed by atoms with Gasteiger partial charge in [0.25, 0.3) is 11.2 Å². The van der Waals surface area contributed by atoms with Crippen LogP contribution in [0.5, 0.6) is 0 Å². The first kappa shape index (κ1) is 30.2. The van der Waals surface area contributed by atoms with Gasteiger partial charge in [0, 0.05) is 29.3 Å². The van der Waals surface area contributed by atoms with Crippen molar-refractivity contribution in [3.05, 3.63) is 130 Å². The van der Waals surface area contributed by atoms with Gasteiger partial charge in [-0.2, -0.15) is 0 Å². The lowest BCUT2D eigenvalue weighted by Crippen LogP contribution is -2.39. The van der Waals surface area contributed by atoms with Crippen molar-refractivity contribution in [1.82, 2.24) is 4.57 Å². The highest BCUT2D eigenvalue weighted by atomic mass is 32.1. The zero-order valence-electron chi connectivity index (χ0n) is 24.7. The van der Waals surface area contributed by atoms with Gasteiger partial charge in [-0.15, -0.1) is 0 Å². The molecule has 0 spiro atoms. The second kappa shape index (κ2) is 11.9. The summed E-state index contributed by atoms with van der Waals surface area (Å²) >= 11 is 1.11. The summed E-state index contributed by atoms with van der Waals surface area (Å²) in [5.41, 5.74) is 1.97. The Morgan fingerprint density at radius 3 is 2.50 bits per heavy atom. The highest BCUT2D eigenvalue weighted by molar-refractivity contribution is 7.07. The fraction of sp³-hybridized carbons (Fsp3) is 0.152. The van der Waals surface area contributed by atoms with Crippen LogP contribution in [0.4, 0.5) is 5.69 Å². The van der Waals surface area contributed by atoms with E-state index < -0.39 is 28.5 Å². The Hall–Kier alpha value is -5.82. The number of furan rings is 2. The van der Waals surface area contributed by atoms with E-state index in [1.807, 2.05) is 0 Å². The van der Waals surface area contributed by atoms with Crippen molar-refractivity contribution < 1.29 is 33.2 Å². The predicted molar refractivity (Wildman–Crippen MR) is 167 cm³/mol. The second-order valence-corrected chi connectivity index (χ2v) is 11.4. The number of nitrogens with zero attached hydrogens (tertiary/aromatic N) is 3. The summed E-state index contributed by atoms with van der Waals surface area (Å²) in [5.74, 6) is -0.258. The minimum Gasteiger partial charge on any atom is -0.478 e. The maximum Gasteiger partial charge on any atom is 0.338 e. The topological polar surface area (TPSA) is 167 Å². The second-order valence-electron chi connectivity index (χ2n) is 10.3. The molecule has 5 aromatic rings. The maximum absolute atomic E-state index is 14.0. The van der Waals surface area contributed by atoms with Gasteiger partial charge in [0.1, 0.15) is 29.1 Å². The number of aromatic nitrogens is 1. The summed E-state index contributed by atoms with van der Waals surface area (Å²) in [7, 11) is 0. The molecule has 0 saturated carbocycles. The van der Waals surface area contributed by atoms with Crippen LogP contribution in [0.3, 0.4) is 0 Å². The summed E-state index contributed by atoms with van der Waals surface area (Å²) in [6, 6.07) is 16.3. The molecule has 1 atom stereocenters. The van der Waals surface area contributed by atoms with Crippen LogP contribution in [0.1, 0.15) is 47.3 Å². The minimum absolute atomic E-state index is 0.100. The number of allylic oxidation sites excluding steroid dienone is 1. The van der Waals surface area contributed by atoms with E-state index in [0.717, 1.165) is 16.9 Å². The predicted octanol–water partition coefficient (Wildman–Crippen LogP) is 5.23. The van der Waals surface area contributed by atoms with Gasteiger partial charge in [-0.3, -0.25) is 19.5 Å². The third-order valence-corrected chi connectivity index (χ3v) is 8.41. The van der Waals surface area contributed by atoms with E-state index in [1.165, 1.54) is 28.8 Å². The van der Waals surface area contributed by atoms with Crippen LogP contribution in [-0.2, 0) is 9.53 Å². The number of rotatable bonds is 8. The third kappa shape index (κ3) is 5.48. The summed E-state index contributed by atoms with van der Waals surface area (Å²) in [6.45, 7) is 5.22. The number of carbonyl (C=O) groups is 2. The number of aryl methyl sites for hydroxylation is 1. The maximum atomic E-state index is 14.0. The molecule has 1 aliphatic heterocycles. The molecule has 6 rings (SSSR count). The summed E-state index contributed by atoms with van der Waals surface area (Å²) in [6.07, 6.45) is 1.57. The number of non-ortho nitro benzene ring substituents is 1. The van der Waals surface area contributed by atoms with Crippen LogP contribution in [0.2, 0.25) is 0 Å². The number of benzene rings is 2. The molecule has 2 aromatic carbocycles. The van der Waals surface area contributed by atoms with Gasteiger partial charge < -0.3 is 18.7 Å². The van der Waals surface area contributed by atoms with E-state index in [4.69, 9.17) is 18.7 Å². The lowest BCUT2D eigenvalue weighted by atomic mass is 10.0. The molecule has 1 aliphatic rings. The number of nitro benzene ring substituents is 1. The number of esters is 1. The average Bonchev–Trinajstić information content (AvgIpc) is 3.77. The van der Waals surface area contributed by atoms with E-state index in [2.05, 4.69) is 4.99 Å². The first-order valence-corrected chi connectivity index (χ1v) is 14.9. The number of hydrogen-bond acceptors (Lipinski definition) is 10. The standard InChI is InChI=1S/C33H25N3O9S/c1-4-43-32(40)28-18(3)34-33-35(29(28)26-14-13-25(45-26)23-15-21(36(41)42)10-5-17(23)2)30(37)27(46-33)16-22-11-12-24(44-22)19-6-8-20(9-7-19)31(38)39/h5-16,29H,4H2,1-3H3,(H,38,39)/b27-16-/t29-/m1/s1. The number of hydrogen-bond donors (Lipinski definition) is 1. The van der Waals surface area contributed by atoms with Gasteiger partial charge >= 0.3 is 11.9 Å². The van der Waals surface area contributed by atoms with E-state index in [-0.39, 0.29) is 33.7 Å². The lowest BCUT2D eigenvalue weighted by molar-refractivity contribution is -0.384. The Morgan fingerprint density at radius 2 is 1.80 bits per heavy atom. The van der Waals surface area contributed by atoms with Gasteiger partial charge in [0.05, 0.1) is 32.9 Å². The van der Waals surface area contributed by atoms with Crippen molar-refractivity contribution in [1.29, 1.82) is 0 Å². The fourth-order valence-electron chi connectivity index (χ4n) is 5.19. The molecule has 12 nitrogen and oxygen atoms in total. The largest absolute Gasteiger partial charge is 0.478 e. The molecule has 0 aliphatic carbocycles. The molecule has 13 heteroatoms. The third-order valence-electron chi connectivity index (χ3n) is 7.43. The Kier molecular flexibility index (Phi) is 7.84. The molecule has 0 bridgehead atoms. The number of nitro groups is 1. The van der Waals surface area contributed by atoms with E-state index in [0.29, 0.717) is 38.9 Å². The highest BCUT2D eigenvalue weighted by Crippen LogP contribution is 2.36. The van der Waals surface area contributed by atoms with E-state index in [1.54, 1.807) is 69.3 Å². The fourth-order valence-corrected chi connectivity index (χ4v) is 6.21. The summed E-state index contributed by atoms with van der Waals surface area (Å²) < 4.78 is 19.2. The molecular weight excluding hydrogens is 614 g/mol. The van der Waals surface area contributed by atoms with Gasteiger partial charge in [0.2, 0.25) is 0 Å². The van der Waals surface area contributed by atoms with Crippen LogP contribution in [0.15, 0.2) is 96.6 Å². The van der Waals surface area contributed by atoms with Crippen LogP contribution in [0.25, 0.3) is 28.7 Å². The number of carboxylic acid groups (broad SMARTS) is 1. The van der Waals surface area contributed by atoms with Crippen LogP contribution in [-0.4, -0.2) is 33.1 Å². The number of carboxylic acids is 1. The Labute approximate surface area is 264 Å². The van der Waals surface area contributed by atoms with E-state index in [9.17, 15) is 24.5 Å². The number of carbonyl (C=O) groups excluding carboxylic acids is 1. The first-order chi connectivity index (χ1) is 22.0. The highest BCUT2D eigenvalue weighted by Gasteiger charge is 2.35. The van der Waals surface area contributed by atoms with Gasteiger partial charge in [-0.05, 0) is 62.7 Å². The molecule has 232 valence electrons. The van der Waals surface area contributed by atoms with E-state index >= 15 is 0 Å². The molecule has 46 heavy (non-hydrogen) atoms. The Morgan fingerprint density at radius 1 is 1.07 bits per heavy atom. The molecule has 0 saturated heterocycles. The smallest absolute Gasteiger partial charge is 0.338 e. The number of aromatic carboxylic acids is 1. The van der Waals surface area contributed by atoms with Crippen LogP contribution < -0.4 is 14.9 Å². The van der Waals surface area contributed by atoms with Crippen LogP contribution in [0, 0.1) is 17.0 Å². The molecule has 1 N–H and O–H groups in total. The van der Waals surface area contributed by atoms with Crippen molar-refractivity contribution in [3.8, 4) is 22.6 Å². The molecule has 0 radical (unpaired) electrons. The Bertz CT molecular complexity index is 2250. The molecule has 4 heterocycles. The molecule has 3 aromatic heterocycles.